The van der Waals surface area contributed by atoms with Crippen molar-refractivity contribution in [3.8, 4) is 11.5 Å². The Balaban J connectivity index is 1.54. The number of carbonyl (C=O) groups is 1. The average molecular weight is 380 g/mol. The third kappa shape index (κ3) is 3.82. The van der Waals surface area contributed by atoms with E-state index >= 15 is 0 Å². The van der Waals surface area contributed by atoms with Gasteiger partial charge in [-0.3, -0.25) is 4.79 Å². The number of ether oxygens (including phenoxy) is 2. The van der Waals surface area contributed by atoms with E-state index in [1.54, 1.807) is 7.11 Å². The lowest BCUT2D eigenvalue weighted by atomic mass is 10.1. The number of fused-ring (bicyclic) bond motifs is 1. The molecule has 1 aliphatic rings. The molecule has 2 N–H and O–H groups in total. The van der Waals surface area contributed by atoms with Crippen LogP contribution in [0.4, 0.5) is 0 Å². The van der Waals surface area contributed by atoms with Crippen molar-refractivity contribution in [2.45, 2.75) is 26.0 Å². The largest absolute Gasteiger partial charge is 0.497 e. The van der Waals surface area contributed by atoms with Crippen molar-refractivity contribution >= 4 is 16.9 Å². The van der Waals surface area contributed by atoms with Gasteiger partial charge in [-0.15, -0.1) is 0 Å². The van der Waals surface area contributed by atoms with Crippen molar-refractivity contribution < 1.29 is 18.7 Å². The van der Waals surface area contributed by atoms with Crippen LogP contribution in [0.5, 0.6) is 11.5 Å². The number of amides is 1. The standard InChI is InChI=1S/C22H24N2O4/c1-14-21(22(25)24-16-8-9-23-12-16)19-11-18(6-7-20(19)28-14)27-13-15-4-3-5-17(10-15)26-2/h3-7,10-11,16,23H,8-9,12-13H2,1-2H3,(H,24,25). The summed E-state index contributed by atoms with van der Waals surface area (Å²) in [6.07, 6.45) is 0.940. The van der Waals surface area contributed by atoms with Gasteiger partial charge in [-0.2, -0.15) is 0 Å². The molecule has 2 heterocycles. The minimum absolute atomic E-state index is 0.102. The lowest BCUT2D eigenvalue weighted by molar-refractivity contribution is 0.0940. The Hall–Kier alpha value is -2.99. The van der Waals surface area contributed by atoms with Crippen LogP contribution < -0.4 is 20.1 Å². The molecule has 0 bridgehead atoms. The highest BCUT2D eigenvalue weighted by Gasteiger charge is 2.23. The van der Waals surface area contributed by atoms with Crippen LogP contribution in [0.1, 0.15) is 28.1 Å². The molecule has 1 saturated heterocycles. The normalized spacial score (nSPS) is 16.3. The van der Waals surface area contributed by atoms with Gasteiger partial charge in [0.2, 0.25) is 0 Å². The van der Waals surface area contributed by atoms with Crippen molar-refractivity contribution in [1.82, 2.24) is 10.6 Å². The Morgan fingerprint density at radius 2 is 2.14 bits per heavy atom. The number of methoxy groups -OCH3 is 1. The van der Waals surface area contributed by atoms with Gasteiger partial charge in [-0.05, 0) is 55.8 Å². The Labute approximate surface area is 163 Å². The molecular formula is C22H24N2O4. The van der Waals surface area contributed by atoms with Crippen molar-refractivity contribution in [1.29, 1.82) is 0 Å². The molecule has 1 fully saturated rings. The van der Waals surface area contributed by atoms with Gasteiger partial charge in [-0.25, -0.2) is 0 Å². The van der Waals surface area contributed by atoms with E-state index < -0.39 is 0 Å². The zero-order valence-electron chi connectivity index (χ0n) is 16.1. The first-order valence-corrected chi connectivity index (χ1v) is 9.44. The minimum Gasteiger partial charge on any atom is -0.497 e. The zero-order chi connectivity index (χ0) is 19.5. The molecule has 1 aromatic heterocycles. The van der Waals surface area contributed by atoms with Crippen LogP contribution in [0.2, 0.25) is 0 Å². The Morgan fingerprint density at radius 1 is 1.25 bits per heavy atom. The number of carbonyl (C=O) groups excluding carboxylic acids is 1. The maximum Gasteiger partial charge on any atom is 0.255 e. The highest BCUT2D eigenvalue weighted by molar-refractivity contribution is 6.07. The number of hydrogen-bond donors (Lipinski definition) is 2. The molecule has 1 aliphatic heterocycles. The van der Waals surface area contributed by atoms with E-state index in [9.17, 15) is 4.79 Å². The predicted molar refractivity (Wildman–Crippen MR) is 107 cm³/mol. The fourth-order valence-electron chi connectivity index (χ4n) is 3.54. The molecule has 0 saturated carbocycles. The second kappa shape index (κ2) is 7.94. The third-order valence-corrected chi connectivity index (χ3v) is 5.00. The fraction of sp³-hybridized carbons (Fsp3) is 0.318. The van der Waals surface area contributed by atoms with Crippen LogP contribution in [-0.4, -0.2) is 32.1 Å². The predicted octanol–water partition coefficient (Wildman–Crippen LogP) is 3.42. The molecule has 0 spiro atoms. The first-order chi connectivity index (χ1) is 13.6. The molecule has 146 valence electrons. The van der Waals surface area contributed by atoms with Crippen LogP contribution in [0.3, 0.4) is 0 Å². The molecule has 3 aromatic rings. The lowest BCUT2D eigenvalue weighted by Gasteiger charge is -2.11. The lowest BCUT2D eigenvalue weighted by Crippen LogP contribution is -2.36. The number of nitrogens with one attached hydrogen (secondary N) is 2. The van der Waals surface area contributed by atoms with Gasteiger partial charge in [0.05, 0.1) is 12.7 Å². The maximum atomic E-state index is 12.8. The molecule has 1 unspecified atom stereocenters. The van der Waals surface area contributed by atoms with Gasteiger partial charge in [0.1, 0.15) is 29.4 Å². The molecular weight excluding hydrogens is 356 g/mol. The number of furan rings is 1. The second-order valence-electron chi connectivity index (χ2n) is 6.99. The van der Waals surface area contributed by atoms with E-state index in [0.29, 0.717) is 29.3 Å². The Morgan fingerprint density at radius 3 is 2.93 bits per heavy atom. The van der Waals surface area contributed by atoms with Gasteiger partial charge in [0.15, 0.2) is 0 Å². The molecule has 1 atom stereocenters. The summed E-state index contributed by atoms with van der Waals surface area (Å²) < 4.78 is 17.0. The summed E-state index contributed by atoms with van der Waals surface area (Å²) in [4.78, 5) is 12.8. The Kier molecular flexibility index (Phi) is 5.21. The topological polar surface area (TPSA) is 72.7 Å². The van der Waals surface area contributed by atoms with E-state index in [1.165, 1.54) is 0 Å². The van der Waals surface area contributed by atoms with Gasteiger partial charge < -0.3 is 24.5 Å². The van der Waals surface area contributed by atoms with E-state index in [2.05, 4.69) is 10.6 Å². The molecule has 1 amide bonds. The highest BCUT2D eigenvalue weighted by atomic mass is 16.5. The number of rotatable bonds is 6. The fourth-order valence-corrected chi connectivity index (χ4v) is 3.54. The molecule has 6 nitrogen and oxygen atoms in total. The number of benzene rings is 2. The van der Waals surface area contributed by atoms with E-state index in [1.807, 2.05) is 49.4 Å². The molecule has 0 radical (unpaired) electrons. The van der Waals surface area contributed by atoms with Crippen LogP contribution >= 0.6 is 0 Å². The summed E-state index contributed by atoms with van der Waals surface area (Å²) in [6.45, 7) is 3.96. The monoisotopic (exact) mass is 380 g/mol. The Bertz CT molecular complexity index is 989. The van der Waals surface area contributed by atoms with Gasteiger partial charge in [0.25, 0.3) is 5.91 Å². The van der Waals surface area contributed by atoms with Crippen LogP contribution in [0.15, 0.2) is 46.9 Å². The number of hydrogen-bond acceptors (Lipinski definition) is 5. The van der Waals surface area contributed by atoms with Crippen molar-refractivity contribution in [2.24, 2.45) is 0 Å². The molecule has 28 heavy (non-hydrogen) atoms. The summed E-state index contributed by atoms with van der Waals surface area (Å²) in [5, 5.41) is 7.11. The first-order valence-electron chi connectivity index (χ1n) is 9.44. The minimum atomic E-state index is -0.102. The average Bonchev–Trinajstić information content (AvgIpc) is 3.32. The van der Waals surface area contributed by atoms with E-state index in [4.69, 9.17) is 13.9 Å². The number of aryl methyl sites for hydroxylation is 1. The van der Waals surface area contributed by atoms with E-state index in [0.717, 1.165) is 36.2 Å². The quantitative estimate of drug-likeness (QED) is 0.686. The SMILES string of the molecule is COc1cccc(COc2ccc3oc(C)c(C(=O)NC4CCNC4)c3c2)c1. The van der Waals surface area contributed by atoms with Gasteiger partial charge in [0, 0.05) is 18.0 Å². The molecule has 2 aromatic carbocycles. The highest BCUT2D eigenvalue weighted by Crippen LogP contribution is 2.29. The summed E-state index contributed by atoms with van der Waals surface area (Å²) in [7, 11) is 1.64. The maximum absolute atomic E-state index is 12.8. The van der Waals surface area contributed by atoms with Crippen LogP contribution in [0.25, 0.3) is 11.0 Å². The molecule has 0 aliphatic carbocycles. The molecule has 4 rings (SSSR count). The summed E-state index contributed by atoms with van der Waals surface area (Å²) >= 11 is 0. The van der Waals surface area contributed by atoms with E-state index in [-0.39, 0.29) is 11.9 Å². The van der Waals surface area contributed by atoms with Crippen molar-refractivity contribution in [2.75, 3.05) is 20.2 Å². The second-order valence-corrected chi connectivity index (χ2v) is 6.99. The van der Waals surface area contributed by atoms with Gasteiger partial charge >= 0.3 is 0 Å². The molecule has 6 heteroatoms. The summed E-state index contributed by atoms with van der Waals surface area (Å²) in [6, 6.07) is 13.5. The van der Waals surface area contributed by atoms with Crippen molar-refractivity contribution in [3.05, 3.63) is 59.4 Å². The van der Waals surface area contributed by atoms with Crippen molar-refractivity contribution in [3.63, 3.8) is 0 Å². The summed E-state index contributed by atoms with van der Waals surface area (Å²) in [5.41, 5.74) is 2.27. The van der Waals surface area contributed by atoms with Crippen LogP contribution in [-0.2, 0) is 6.61 Å². The third-order valence-electron chi connectivity index (χ3n) is 5.00. The summed E-state index contributed by atoms with van der Waals surface area (Å²) in [5.74, 6) is 1.99. The van der Waals surface area contributed by atoms with Gasteiger partial charge in [-0.1, -0.05) is 12.1 Å². The first kappa shape index (κ1) is 18.4. The zero-order valence-corrected chi connectivity index (χ0v) is 16.1. The van der Waals surface area contributed by atoms with Crippen LogP contribution in [0, 0.1) is 6.92 Å². The smallest absolute Gasteiger partial charge is 0.255 e.